The van der Waals surface area contributed by atoms with Crippen LogP contribution in [0.2, 0.25) is 0 Å². The predicted molar refractivity (Wildman–Crippen MR) is 99.9 cm³/mol. The van der Waals surface area contributed by atoms with E-state index in [-0.39, 0.29) is 12.1 Å². The maximum Gasteiger partial charge on any atom is 0.315 e. The van der Waals surface area contributed by atoms with Gasteiger partial charge in [-0.1, -0.05) is 18.1 Å². The molecule has 2 aromatic rings. The SMILES string of the molecule is CCC(NC(=O)NCc1ccc(N(C)C)cc1C)c1c(C)noc1C. The molecule has 1 aromatic carbocycles. The minimum atomic E-state index is -0.192. The number of anilines is 1. The van der Waals surface area contributed by atoms with Crippen molar-refractivity contribution in [1.82, 2.24) is 15.8 Å². The van der Waals surface area contributed by atoms with Crippen LogP contribution in [0.25, 0.3) is 0 Å². The molecule has 0 saturated carbocycles. The fourth-order valence-corrected chi connectivity index (χ4v) is 2.91. The van der Waals surface area contributed by atoms with Gasteiger partial charge in [-0.15, -0.1) is 0 Å². The molecule has 0 aliphatic heterocycles. The van der Waals surface area contributed by atoms with Gasteiger partial charge in [0, 0.05) is 31.9 Å². The van der Waals surface area contributed by atoms with Crippen molar-refractivity contribution in [3.8, 4) is 0 Å². The molecule has 0 radical (unpaired) electrons. The van der Waals surface area contributed by atoms with E-state index in [1.54, 1.807) is 0 Å². The van der Waals surface area contributed by atoms with Crippen LogP contribution < -0.4 is 15.5 Å². The smallest absolute Gasteiger partial charge is 0.315 e. The Labute approximate surface area is 149 Å². The first kappa shape index (κ1) is 18.8. The summed E-state index contributed by atoms with van der Waals surface area (Å²) in [5.74, 6) is 0.750. The van der Waals surface area contributed by atoms with Gasteiger partial charge in [0.15, 0.2) is 0 Å². The summed E-state index contributed by atoms with van der Waals surface area (Å²) in [6.45, 7) is 8.34. The molecule has 1 aromatic heterocycles. The second-order valence-corrected chi connectivity index (χ2v) is 6.53. The molecule has 0 aliphatic rings. The number of benzene rings is 1. The van der Waals surface area contributed by atoms with Crippen molar-refractivity contribution in [1.29, 1.82) is 0 Å². The second-order valence-electron chi connectivity index (χ2n) is 6.53. The van der Waals surface area contributed by atoms with Gasteiger partial charge in [-0.2, -0.15) is 0 Å². The summed E-state index contributed by atoms with van der Waals surface area (Å²) in [6.07, 6.45) is 0.771. The molecule has 2 rings (SSSR count). The van der Waals surface area contributed by atoms with E-state index in [0.29, 0.717) is 6.54 Å². The highest BCUT2D eigenvalue weighted by Gasteiger charge is 2.20. The third kappa shape index (κ3) is 4.53. The van der Waals surface area contributed by atoms with Crippen LogP contribution in [0.5, 0.6) is 0 Å². The Hall–Kier alpha value is -2.50. The fraction of sp³-hybridized carbons (Fsp3) is 0.474. The molecule has 6 heteroatoms. The molecule has 0 saturated heterocycles. The lowest BCUT2D eigenvalue weighted by molar-refractivity contribution is 0.236. The minimum Gasteiger partial charge on any atom is -0.378 e. The molecule has 136 valence electrons. The van der Waals surface area contributed by atoms with Crippen LogP contribution in [0.15, 0.2) is 22.7 Å². The van der Waals surface area contributed by atoms with Crippen LogP contribution in [0, 0.1) is 20.8 Å². The monoisotopic (exact) mass is 344 g/mol. The van der Waals surface area contributed by atoms with Crippen LogP contribution in [-0.2, 0) is 6.54 Å². The Kier molecular flexibility index (Phi) is 6.07. The fourth-order valence-electron chi connectivity index (χ4n) is 2.91. The van der Waals surface area contributed by atoms with Gasteiger partial charge in [-0.05, 0) is 50.5 Å². The van der Waals surface area contributed by atoms with Gasteiger partial charge in [-0.25, -0.2) is 4.79 Å². The summed E-state index contributed by atoms with van der Waals surface area (Å²) in [5.41, 5.74) is 5.19. The van der Waals surface area contributed by atoms with E-state index < -0.39 is 0 Å². The first-order chi connectivity index (χ1) is 11.8. The molecule has 1 unspecified atom stereocenters. The molecule has 2 amide bonds. The van der Waals surface area contributed by atoms with Gasteiger partial charge >= 0.3 is 6.03 Å². The van der Waals surface area contributed by atoms with Crippen molar-refractivity contribution in [3.05, 3.63) is 46.3 Å². The Bertz CT molecular complexity index is 718. The maximum absolute atomic E-state index is 12.3. The van der Waals surface area contributed by atoms with Crippen molar-refractivity contribution in [2.75, 3.05) is 19.0 Å². The maximum atomic E-state index is 12.3. The third-order valence-corrected chi connectivity index (χ3v) is 4.43. The van der Waals surface area contributed by atoms with Gasteiger partial charge in [0.1, 0.15) is 5.76 Å². The zero-order valence-electron chi connectivity index (χ0n) is 15.9. The summed E-state index contributed by atoms with van der Waals surface area (Å²) < 4.78 is 5.21. The third-order valence-electron chi connectivity index (χ3n) is 4.43. The number of hydrogen-bond donors (Lipinski definition) is 2. The first-order valence-electron chi connectivity index (χ1n) is 8.57. The molecule has 0 fully saturated rings. The molecule has 1 atom stereocenters. The standard InChI is InChI=1S/C19H28N4O2/c1-7-17(18-13(3)22-25-14(18)4)21-19(24)20-11-15-8-9-16(23(5)6)10-12(15)2/h8-10,17H,7,11H2,1-6H3,(H2,20,21,24). The van der Waals surface area contributed by atoms with E-state index >= 15 is 0 Å². The lowest BCUT2D eigenvalue weighted by Crippen LogP contribution is -2.37. The molecular weight excluding hydrogens is 316 g/mol. The van der Waals surface area contributed by atoms with Crippen molar-refractivity contribution in [3.63, 3.8) is 0 Å². The topological polar surface area (TPSA) is 70.4 Å². The Balaban J connectivity index is 1.98. The number of hydrogen-bond acceptors (Lipinski definition) is 4. The average Bonchev–Trinajstić information content (AvgIpc) is 2.90. The highest BCUT2D eigenvalue weighted by atomic mass is 16.5. The number of nitrogens with one attached hydrogen (secondary N) is 2. The van der Waals surface area contributed by atoms with Gasteiger partial charge in [0.2, 0.25) is 0 Å². The highest BCUT2D eigenvalue weighted by Crippen LogP contribution is 2.24. The molecular formula is C19H28N4O2. The number of aromatic nitrogens is 1. The summed E-state index contributed by atoms with van der Waals surface area (Å²) in [5, 5.41) is 9.92. The van der Waals surface area contributed by atoms with Gasteiger partial charge in [0.05, 0.1) is 11.7 Å². The Morgan fingerprint density at radius 1 is 1.28 bits per heavy atom. The van der Waals surface area contributed by atoms with Crippen molar-refractivity contribution >= 4 is 11.7 Å². The quantitative estimate of drug-likeness (QED) is 0.840. The lowest BCUT2D eigenvalue weighted by atomic mass is 10.0. The van der Waals surface area contributed by atoms with Crippen molar-refractivity contribution in [2.45, 2.75) is 46.7 Å². The molecule has 0 aliphatic carbocycles. The second kappa shape index (κ2) is 8.05. The molecule has 2 N–H and O–H groups in total. The number of amides is 2. The molecule has 6 nitrogen and oxygen atoms in total. The normalized spacial score (nSPS) is 11.9. The number of carbonyl (C=O) groups excluding carboxylic acids is 1. The molecule has 1 heterocycles. The molecule has 25 heavy (non-hydrogen) atoms. The molecule has 0 spiro atoms. The summed E-state index contributed by atoms with van der Waals surface area (Å²) in [7, 11) is 4.03. The number of urea groups is 1. The largest absolute Gasteiger partial charge is 0.378 e. The van der Waals surface area contributed by atoms with E-state index in [4.69, 9.17) is 4.52 Å². The van der Waals surface area contributed by atoms with E-state index in [0.717, 1.165) is 40.3 Å². The Morgan fingerprint density at radius 3 is 2.52 bits per heavy atom. The first-order valence-corrected chi connectivity index (χ1v) is 8.57. The summed E-state index contributed by atoms with van der Waals surface area (Å²) in [4.78, 5) is 14.4. The van der Waals surface area contributed by atoms with E-state index in [9.17, 15) is 4.79 Å². The number of rotatable bonds is 6. The zero-order chi connectivity index (χ0) is 18.6. The minimum absolute atomic E-state index is 0.108. The summed E-state index contributed by atoms with van der Waals surface area (Å²) >= 11 is 0. The lowest BCUT2D eigenvalue weighted by Gasteiger charge is -2.18. The van der Waals surface area contributed by atoms with Crippen LogP contribution >= 0.6 is 0 Å². The van der Waals surface area contributed by atoms with Gasteiger partial charge in [0.25, 0.3) is 0 Å². The average molecular weight is 344 g/mol. The molecule has 0 bridgehead atoms. The van der Waals surface area contributed by atoms with Crippen LogP contribution in [-0.4, -0.2) is 25.3 Å². The van der Waals surface area contributed by atoms with Crippen molar-refractivity contribution in [2.24, 2.45) is 0 Å². The number of carbonyl (C=O) groups is 1. The van der Waals surface area contributed by atoms with Crippen LogP contribution in [0.3, 0.4) is 0 Å². The zero-order valence-corrected chi connectivity index (χ0v) is 15.9. The predicted octanol–water partition coefficient (Wildman–Crippen LogP) is 3.62. The van der Waals surface area contributed by atoms with E-state index in [1.807, 2.05) is 34.9 Å². The number of aryl methyl sites for hydroxylation is 3. The highest BCUT2D eigenvalue weighted by molar-refractivity contribution is 5.74. The summed E-state index contributed by atoms with van der Waals surface area (Å²) in [6, 6.07) is 5.93. The van der Waals surface area contributed by atoms with E-state index in [2.05, 4.69) is 45.8 Å². The van der Waals surface area contributed by atoms with Crippen LogP contribution in [0.1, 0.15) is 47.5 Å². The van der Waals surface area contributed by atoms with Gasteiger partial charge < -0.3 is 20.1 Å². The Morgan fingerprint density at radius 2 is 2.00 bits per heavy atom. The van der Waals surface area contributed by atoms with E-state index in [1.165, 1.54) is 0 Å². The van der Waals surface area contributed by atoms with Crippen LogP contribution in [0.4, 0.5) is 10.5 Å². The van der Waals surface area contributed by atoms with Gasteiger partial charge in [-0.3, -0.25) is 0 Å². The van der Waals surface area contributed by atoms with Crippen molar-refractivity contribution < 1.29 is 9.32 Å². The number of nitrogens with zero attached hydrogens (tertiary/aromatic N) is 2.